The summed E-state index contributed by atoms with van der Waals surface area (Å²) < 4.78 is 0. The third kappa shape index (κ3) is 7.74. The van der Waals surface area contributed by atoms with Crippen LogP contribution in [0, 0.1) is 0 Å². The number of carbonyl (C=O) groups is 3. The van der Waals surface area contributed by atoms with Crippen molar-refractivity contribution in [2.75, 3.05) is 23.7 Å². The van der Waals surface area contributed by atoms with Gasteiger partial charge >= 0.3 is 5.97 Å². The van der Waals surface area contributed by atoms with Crippen molar-refractivity contribution in [1.29, 1.82) is 0 Å². The highest BCUT2D eigenvalue weighted by Gasteiger charge is 2.15. The number of aliphatic carboxylic acids is 1. The van der Waals surface area contributed by atoms with Crippen molar-refractivity contribution in [1.82, 2.24) is 5.32 Å². The van der Waals surface area contributed by atoms with Gasteiger partial charge in [0, 0.05) is 35.7 Å². The van der Waals surface area contributed by atoms with Gasteiger partial charge in [-0.3, -0.25) is 19.4 Å². The molecule has 0 saturated heterocycles. The molecule has 0 fully saturated rings. The van der Waals surface area contributed by atoms with Gasteiger partial charge < -0.3 is 21.1 Å². The van der Waals surface area contributed by atoms with Gasteiger partial charge in [-0.2, -0.15) is 0 Å². The van der Waals surface area contributed by atoms with E-state index in [-0.39, 0.29) is 30.1 Å². The number of hydrogen-bond acceptors (Lipinski definition) is 5. The maximum absolute atomic E-state index is 12.6. The van der Waals surface area contributed by atoms with Crippen LogP contribution < -0.4 is 16.0 Å². The van der Waals surface area contributed by atoms with Gasteiger partial charge in [0.2, 0.25) is 5.91 Å². The molecule has 2 amide bonds. The van der Waals surface area contributed by atoms with E-state index in [1.807, 2.05) is 6.07 Å². The Bertz CT molecular complexity index is 1100. The van der Waals surface area contributed by atoms with Crippen LogP contribution in [0.1, 0.15) is 48.0 Å². The maximum Gasteiger partial charge on any atom is 0.303 e. The van der Waals surface area contributed by atoms with E-state index in [0.29, 0.717) is 16.1 Å². The number of carboxylic acid groups (broad SMARTS) is 1. The topological polar surface area (TPSA) is 120 Å². The third-order valence-corrected chi connectivity index (χ3v) is 5.72. The fourth-order valence-electron chi connectivity index (χ4n) is 3.53. The van der Waals surface area contributed by atoms with Crippen molar-refractivity contribution in [3.63, 3.8) is 0 Å². The Morgan fingerprint density at radius 3 is 2.68 bits per heavy atom. The van der Waals surface area contributed by atoms with Crippen LogP contribution in [0.3, 0.4) is 0 Å². The first-order valence-corrected chi connectivity index (χ1v) is 11.8. The molecule has 1 heterocycles. The molecule has 2 aromatic rings. The molecule has 2 aromatic carbocycles. The molecule has 0 bridgehead atoms. The van der Waals surface area contributed by atoms with Crippen LogP contribution >= 0.6 is 23.2 Å². The summed E-state index contributed by atoms with van der Waals surface area (Å²) in [6.07, 6.45) is 4.18. The summed E-state index contributed by atoms with van der Waals surface area (Å²) in [5.74, 6) is -0.984. The molecule has 180 valence electrons. The standard InChI is InChI=1S/C24H26Cl2N4O4/c25-17-11-15(8-9-22(32)33)23(19(26)13-17)30-21(31)14-28-24(34)16-5-4-6-18(12-16)29-20-7-2-1-3-10-27-20/h4-6,11-13H,1-3,7-10,14H2,(H,27,29)(H,28,34)(H,30,31)(H,32,33). The Morgan fingerprint density at radius 1 is 1.06 bits per heavy atom. The van der Waals surface area contributed by atoms with Gasteiger partial charge in [0.1, 0.15) is 5.84 Å². The smallest absolute Gasteiger partial charge is 0.303 e. The fourth-order valence-corrected chi connectivity index (χ4v) is 4.12. The van der Waals surface area contributed by atoms with Crippen LogP contribution in [-0.4, -0.2) is 41.8 Å². The minimum atomic E-state index is -0.983. The zero-order valence-electron chi connectivity index (χ0n) is 18.5. The van der Waals surface area contributed by atoms with Gasteiger partial charge in [0.05, 0.1) is 17.3 Å². The first-order chi connectivity index (χ1) is 16.3. The zero-order chi connectivity index (χ0) is 24.5. The summed E-state index contributed by atoms with van der Waals surface area (Å²) in [7, 11) is 0. The molecule has 34 heavy (non-hydrogen) atoms. The van der Waals surface area contributed by atoms with Gasteiger partial charge in [-0.1, -0.05) is 35.7 Å². The Morgan fingerprint density at radius 2 is 1.88 bits per heavy atom. The maximum atomic E-state index is 12.6. The lowest BCUT2D eigenvalue weighted by Crippen LogP contribution is -2.33. The number of halogens is 2. The number of amides is 2. The molecule has 3 rings (SSSR count). The van der Waals surface area contributed by atoms with Crippen molar-refractivity contribution in [2.45, 2.75) is 38.5 Å². The zero-order valence-corrected chi connectivity index (χ0v) is 20.0. The number of hydrogen-bond donors (Lipinski definition) is 4. The lowest BCUT2D eigenvalue weighted by molar-refractivity contribution is -0.137. The second-order valence-corrected chi connectivity index (χ2v) is 8.73. The van der Waals surface area contributed by atoms with Gasteiger partial charge in [0.25, 0.3) is 5.91 Å². The summed E-state index contributed by atoms with van der Waals surface area (Å²) in [5, 5.41) is 18.0. The molecule has 0 aromatic heterocycles. The fraction of sp³-hybridized carbons (Fsp3) is 0.333. The molecule has 0 atom stereocenters. The molecule has 4 N–H and O–H groups in total. The Kier molecular flexibility index (Phi) is 9.30. The number of carboxylic acids is 1. The number of rotatable bonds is 8. The second-order valence-electron chi connectivity index (χ2n) is 7.89. The number of aryl methyl sites for hydroxylation is 1. The van der Waals surface area contributed by atoms with Gasteiger partial charge in [-0.05, 0) is 55.2 Å². The Balaban J connectivity index is 1.60. The largest absolute Gasteiger partial charge is 0.481 e. The van der Waals surface area contributed by atoms with Crippen molar-refractivity contribution in [2.24, 2.45) is 4.99 Å². The lowest BCUT2D eigenvalue weighted by Gasteiger charge is -2.14. The average molecular weight is 505 g/mol. The molecular weight excluding hydrogens is 479 g/mol. The highest BCUT2D eigenvalue weighted by atomic mass is 35.5. The molecule has 1 aliphatic heterocycles. The Labute approximate surface area is 207 Å². The predicted molar refractivity (Wildman–Crippen MR) is 134 cm³/mol. The van der Waals surface area contributed by atoms with Crippen LogP contribution in [0.4, 0.5) is 11.4 Å². The summed E-state index contributed by atoms with van der Waals surface area (Å²) in [5.41, 5.74) is 1.94. The van der Waals surface area contributed by atoms with E-state index in [1.165, 1.54) is 6.07 Å². The van der Waals surface area contributed by atoms with Gasteiger partial charge in [0.15, 0.2) is 0 Å². The van der Waals surface area contributed by atoms with E-state index in [4.69, 9.17) is 28.3 Å². The predicted octanol–water partition coefficient (Wildman–Crippen LogP) is 4.76. The average Bonchev–Trinajstić information content (AvgIpc) is 3.06. The summed E-state index contributed by atoms with van der Waals surface area (Å²) in [6, 6.07) is 10.0. The molecule has 10 heteroatoms. The summed E-state index contributed by atoms with van der Waals surface area (Å²) in [4.78, 5) is 40.5. The minimum Gasteiger partial charge on any atom is -0.481 e. The van der Waals surface area contributed by atoms with Gasteiger partial charge in [-0.25, -0.2) is 0 Å². The molecule has 0 saturated carbocycles. The molecule has 0 radical (unpaired) electrons. The number of nitrogens with one attached hydrogen (secondary N) is 3. The highest BCUT2D eigenvalue weighted by molar-refractivity contribution is 6.37. The van der Waals surface area contributed by atoms with E-state index in [1.54, 1.807) is 24.3 Å². The summed E-state index contributed by atoms with van der Waals surface area (Å²) >= 11 is 12.2. The van der Waals surface area contributed by atoms with Crippen molar-refractivity contribution >= 4 is 58.2 Å². The van der Waals surface area contributed by atoms with E-state index in [9.17, 15) is 14.4 Å². The van der Waals surface area contributed by atoms with Crippen LogP contribution in [0.5, 0.6) is 0 Å². The van der Waals surface area contributed by atoms with E-state index < -0.39 is 17.8 Å². The number of anilines is 2. The first kappa shape index (κ1) is 25.5. The van der Waals surface area contributed by atoms with Crippen LogP contribution in [-0.2, 0) is 16.0 Å². The van der Waals surface area contributed by atoms with Crippen molar-refractivity contribution in [3.8, 4) is 0 Å². The third-order valence-electron chi connectivity index (χ3n) is 5.21. The summed E-state index contributed by atoms with van der Waals surface area (Å²) in [6.45, 7) is 0.508. The minimum absolute atomic E-state index is 0.142. The molecule has 0 unspecified atom stereocenters. The van der Waals surface area contributed by atoms with E-state index >= 15 is 0 Å². The number of nitrogens with zero attached hydrogens (tertiary/aromatic N) is 1. The van der Waals surface area contributed by atoms with Crippen LogP contribution in [0.15, 0.2) is 41.4 Å². The van der Waals surface area contributed by atoms with E-state index in [0.717, 1.165) is 43.8 Å². The Hall–Kier alpha value is -3.10. The molecule has 1 aliphatic rings. The molecule has 0 aliphatic carbocycles. The molecule has 8 nitrogen and oxygen atoms in total. The van der Waals surface area contributed by atoms with Crippen molar-refractivity contribution < 1.29 is 19.5 Å². The monoisotopic (exact) mass is 504 g/mol. The number of amidine groups is 1. The second kappa shape index (κ2) is 12.4. The molecule has 0 spiro atoms. The number of aliphatic imine (C=N–C) groups is 1. The normalized spacial score (nSPS) is 13.4. The number of carbonyl (C=O) groups excluding carboxylic acids is 2. The van der Waals surface area contributed by atoms with Crippen LogP contribution in [0.2, 0.25) is 10.0 Å². The lowest BCUT2D eigenvalue weighted by atomic mass is 10.1. The van der Waals surface area contributed by atoms with Crippen LogP contribution in [0.25, 0.3) is 0 Å². The molecular formula is C24H26Cl2N4O4. The van der Waals surface area contributed by atoms with E-state index in [2.05, 4.69) is 20.9 Å². The first-order valence-electron chi connectivity index (χ1n) is 11.0. The number of benzene rings is 2. The quantitative estimate of drug-likeness (QED) is 0.412. The SMILES string of the molecule is O=C(O)CCc1cc(Cl)cc(Cl)c1NC(=O)CNC(=O)c1cccc(NC2=NCCCCC2)c1. The van der Waals surface area contributed by atoms with Gasteiger partial charge in [-0.15, -0.1) is 0 Å². The van der Waals surface area contributed by atoms with Crippen molar-refractivity contribution in [3.05, 3.63) is 57.6 Å². The highest BCUT2D eigenvalue weighted by Crippen LogP contribution is 2.31.